The van der Waals surface area contributed by atoms with Crippen LogP contribution in [0.25, 0.3) is 0 Å². The molecule has 2 unspecified atom stereocenters. The van der Waals surface area contributed by atoms with Crippen LogP contribution < -0.4 is 0 Å². The van der Waals surface area contributed by atoms with Gasteiger partial charge in [0.2, 0.25) is 0 Å². The Morgan fingerprint density at radius 1 is 0.800 bits per heavy atom. The number of ketones is 2. The lowest BCUT2D eigenvalue weighted by atomic mass is 9.74. The Kier molecular flexibility index (Phi) is 2.76. The van der Waals surface area contributed by atoms with Crippen molar-refractivity contribution in [2.24, 2.45) is 11.8 Å². The van der Waals surface area contributed by atoms with Crippen LogP contribution in [0.1, 0.15) is 46.0 Å². The molecule has 0 heterocycles. The van der Waals surface area contributed by atoms with Crippen molar-refractivity contribution in [2.45, 2.75) is 46.0 Å². The van der Waals surface area contributed by atoms with Gasteiger partial charge < -0.3 is 0 Å². The van der Waals surface area contributed by atoms with E-state index in [-0.39, 0.29) is 23.4 Å². The van der Waals surface area contributed by atoms with Gasteiger partial charge in [-0.25, -0.2) is 0 Å². The third-order valence-corrected chi connectivity index (χ3v) is 3.89. The number of rotatable bonds is 0. The smallest absolute Gasteiger partial charge is 0.162 e. The van der Waals surface area contributed by atoms with Gasteiger partial charge in [-0.2, -0.15) is 0 Å². The van der Waals surface area contributed by atoms with Gasteiger partial charge in [-0.15, -0.1) is 0 Å². The number of carbonyl (C=O) groups excluding carboxylic acids is 2. The van der Waals surface area contributed by atoms with Gasteiger partial charge in [0.1, 0.15) is 0 Å². The first-order valence-corrected chi connectivity index (χ1v) is 5.93. The maximum Gasteiger partial charge on any atom is 0.162 e. The molecule has 0 aromatic carbocycles. The Hall–Kier alpha value is -0.920. The van der Waals surface area contributed by atoms with Gasteiger partial charge >= 0.3 is 0 Å². The third-order valence-electron chi connectivity index (χ3n) is 3.89. The monoisotopic (exact) mass is 206 g/mol. The minimum atomic E-state index is -0.102. The molecule has 0 radical (unpaired) electrons. The second kappa shape index (κ2) is 3.92. The predicted octanol–water partition coefficient (Wildman–Crippen LogP) is 2.67. The maximum absolute atomic E-state index is 12.1. The van der Waals surface area contributed by atoms with E-state index in [1.807, 2.05) is 13.8 Å². The Morgan fingerprint density at radius 3 is 1.60 bits per heavy atom. The summed E-state index contributed by atoms with van der Waals surface area (Å²) in [5.74, 6) is 0.265. The molecule has 82 valence electrons. The quantitative estimate of drug-likeness (QED) is 0.610. The fraction of sp³-hybridized carbons (Fsp3) is 0.692. The standard InChI is InChI=1S/C13H18O2/c1-8-9(2)13(15)11-7-5-3-4-6-10(11)12(8)14/h8-9H,3-7H2,1-2H3. The zero-order valence-corrected chi connectivity index (χ0v) is 9.51. The van der Waals surface area contributed by atoms with Crippen LogP contribution >= 0.6 is 0 Å². The molecule has 15 heavy (non-hydrogen) atoms. The molecule has 2 aliphatic carbocycles. The van der Waals surface area contributed by atoms with E-state index >= 15 is 0 Å². The molecule has 0 bridgehead atoms. The van der Waals surface area contributed by atoms with Crippen LogP contribution in [0.3, 0.4) is 0 Å². The number of carbonyl (C=O) groups is 2. The van der Waals surface area contributed by atoms with E-state index in [1.165, 1.54) is 0 Å². The summed E-state index contributed by atoms with van der Waals surface area (Å²) < 4.78 is 0. The topological polar surface area (TPSA) is 34.1 Å². The second-order valence-corrected chi connectivity index (χ2v) is 4.82. The lowest BCUT2D eigenvalue weighted by Gasteiger charge is -2.27. The van der Waals surface area contributed by atoms with Crippen LogP contribution in [0.2, 0.25) is 0 Å². The van der Waals surface area contributed by atoms with Crippen LogP contribution in [0.5, 0.6) is 0 Å². The fourth-order valence-corrected chi connectivity index (χ4v) is 2.63. The average Bonchev–Trinajstić information content (AvgIpc) is 2.48. The molecular formula is C13H18O2. The van der Waals surface area contributed by atoms with Crippen LogP contribution in [-0.4, -0.2) is 11.6 Å². The van der Waals surface area contributed by atoms with Crippen LogP contribution in [0, 0.1) is 11.8 Å². The lowest BCUT2D eigenvalue weighted by Crippen LogP contribution is -2.34. The molecule has 0 fully saturated rings. The average molecular weight is 206 g/mol. The minimum Gasteiger partial charge on any atom is -0.294 e. The van der Waals surface area contributed by atoms with E-state index < -0.39 is 0 Å². The van der Waals surface area contributed by atoms with E-state index in [0.29, 0.717) is 0 Å². The zero-order valence-electron chi connectivity index (χ0n) is 9.51. The van der Waals surface area contributed by atoms with E-state index in [4.69, 9.17) is 0 Å². The molecule has 0 saturated heterocycles. The fourth-order valence-electron chi connectivity index (χ4n) is 2.63. The Bertz CT molecular complexity index is 306. The zero-order chi connectivity index (χ0) is 11.0. The summed E-state index contributed by atoms with van der Waals surface area (Å²) in [4.78, 5) is 24.1. The number of hydrogen-bond donors (Lipinski definition) is 0. The molecule has 2 atom stereocenters. The van der Waals surface area contributed by atoms with Crippen LogP contribution in [-0.2, 0) is 9.59 Å². The van der Waals surface area contributed by atoms with Crippen LogP contribution in [0.4, 0.5) is 0 Å². The molecule has 0 amide bonds. The van der Waals surface area contributed by atoms with E-state index in [9.17, 15) is 9.59 Å². The number of Topliss-reactive ketones (excluding diaryl/α,β-unsaturated/α-hetero) is 2. The molecular weight excluding hydrogens is 188 g/mol. The summed E-state index contributed by atoms with van der Waals surface area (Å²) in [6, 6.07) is 0. The highest BCUT2D eigenvalue weighted by atomic mass is 16.1. The highest BCUT2D eigenvalue weighted by Crippen LogP contribution is 2.35. The Balaban J connectivity index is 2.42. The first-order valence-electron chi connectivity index (χ1n) is 5.93. The van der Waals surface area contributed by atoms with Gasteiger partial charge in [-0.05, 0) is 25.7 Å². The second-order valence-electron chi connectivity index (χ2n) is 4.82. The number of hydrogen-bond acceptors (Lipinski definition) is 2. The van der Waals surface area contributed by atoms with Crippen molar-refractivity contribution in [1.82, 2.24) is 0 Å². The van der Waals surface area contributed by atoms with E-state index in [0.717, 1.165) is 43.3 Å². The highest BCUT2D eigenvalue weighted by molar-refractivity contribution is 6.13. The molecule has 0 N–H and O–H groups in total. The first kappa shape index (κ1) is 10.6. The van der Waals surface area contributed by atoms with Crippen molar-refractivity contribution < 1.29 is 9.59 Å². The maximum atomic E-state index is 12.1. The van der Waals surface area contributed by atoms with E-state index in [1.54, 1.807) is 0 Å². The Labute approximate surface area is 90.7 Å². The normalized spacial score (nSPS) is 32.7. The van der Waals surface area contributed by atoms with Gasteiger partial charge in [0.05, 0.1) is 0 Å². The molecule has 2 heteroatoms. The van der Waals surface area contributed by atoms with Crippen molar-refractivity contribution in [2.75, 3.05) is 0 Å². The van der Waals surface area contributed by atoms with E-state index in [2.05, 4.69) is 0 Å². The summed E-state index contributed by atoms with van der Waals surface area (Å²) in [7, 11) is 0. The largest absolute Gasteiger partial charge is 0.294 e. The molecule has 0 saturated carbocycles. The molecule has 0 aliphatic heterocycles. The van der Waals surface area contributed by atoms with Crippen LogP contribution in [0.15, 0.2) is 11.1 Å². The Morgan fingerprint density at radius 2 is 1.20 bits per heavy atom. The molecule has 0 aromatic heterocycles. The third kappa shape index (κ3) is 1.66. The van der Waals surface area contributed by atoms with Gasteiger partial charge in [0.25, 0.3) is 0 Å². The highest BCUT2D eigenvalue weighted by Gasteiger charge is 2.37. The van der Waals surface area contributed by atoms with Crippen molar-refractivity contribution in [3.05, 3.63) is 11.1 Å². The molecule has 2 rings (SSSR count). The molecule has 2 nitrogen and oxygen atoms in total. The predicted molar refractivity (Wildman–Crippen MR) is 58.5 cm³/mol. The summed E-state index contributed by atoms with van der Waals surface area (Å²) in [6.45, 7) is 3.78. The van der Waals surface area contributed by atoms with Gasteiger partial charge in [0.15, 0.2) is 11.6 Å². The lowest BCUT2D eigenvalue weighted by molar-refractivity contribution is -0.129. The minimum absolute atomic E-state index is 0.102. The summed E-state index contributed by atoms with van der Waals surface area (Å²) in [5.41, 5.74) is 1.73. The van der Waals surface area contributed by atoms with Crippen molar-refractivity contribution >= 4 is 11.6 Å². The number of allylic oxidation sites excluding steroid dienone is 2. The molecule has 0 aromatic rings. The van der Waals surface area contributed by atoms with Gasteiger partial charge in [0, 0.05) is 23.0 Å². The first-order chi connectivity index (χ1) is 7.13. The summed E-state index contributed by atoms with van der Waals surface area (Å²) in [5, 5.41) is 0. The molecule has 0 spiro atoms. The van der Waals surface area contributed by atoms with Crippen molar-refractivity contribution in [3.63, 3.8) is 0 Å². The van der Waals surface area contributed by atoms with Gasteiger partial charge in [-0.1, -0.05) is 20.3 Å². The summed E-state index contributed by atoms with van der Waals surface area (Å²) in [6.07, 6.45) is 4.95. The van der Waals surface area contributed by atoms with Gasteiger partial charge in [-0.3, -0.25) is 9.59 Å². The molecule has 2 aliphatic rings. The SMILES string of the molecule is CC1C(=O)C2=C(CCCCC2)C(=O)C1C. The van der Waals surface area contributed by atoms with Crippen molar-refractivity contribution in [1.29, 1.82) is 0 Å². The van der Waals surface area contributed by atoms with Crippen molar-refractivity contribution in [3.8, 4) is 0 Å². The summed E-state index contributed by atoms with van der Waals surface area (Å²) >= 11 is 0.